The zero-order valence-electron chi connectivity index (χ0n) is 18.3. The summed E-state index contributed by atoms with van der Waals surface area (Å²) in [5, 5.41) is 5.00. The van der Waals surface area contributed by atoms with Crippen LogP contribution in [0.3, 0.4) is 0 Å². The maximum atomic E-state index is 12.7. The number of hydrogen-bond donors (Lipinski definition) is 1. The van der Waals surface area contributed by atoms with Crippen molar-refractivity contribution in [1.82, 2.24) is 5.32 Å². The van der Waals surface area contributed by atoms with Crippen molar-refractivity contribution in [3.63, 3.8) is 0 Å². The molecule has 1 amide bonds. The molecule has 0 unspecified atom stereocenters. The highest BCUT2D eigenvalue weighted by Crippen LogP contribution is 2.32. The molecule has 2 aromatic heterocycles. The molecule has 0 aliphatic carbocycles. The van der Waals surface area contributed by atoms with Gasteiger partial charge in [-0.2, -0.15) is 0 Å². The highest BCUT2D eigenvalue weighted by Gasteiger charge is 2.29. The van der Waals surface area contributed by atoms with Crippen molar-refractivity contribution in [2.45, 2.75) is 71.9 Å². The van der Waals surface area contributed by atoms with Gasteiger partial charge in [0.15, 0.2) is 0 Å². The maximum Gasteiger partial charge on any atom is 0.339 e. The number of furan rings is 1. The lowest BCUT2D eigenvalue weighted by molar-refractivity contribution is -0.124. The molecule has 0 radical (unpaired) electrons. The minimum Gasteiger partial charge on any atom is -0.464 e. The third-order valence-electron chi connectivity index (χ3n) is 6.20. The Balaban J connectivity index is 1.57. The molecule has 1 N–H and O–H groups in total. The molecule has 1 saturated heterocycles. The highest BCUT2D eigenvalue weighted by atomic mass is 16.5. The largest absolute Gasteiger partial charge is 0.464 e. The molecule has 3 heterocycles. The van der Waals surface area contributed by atoms with E-state index in [9.17, 15) is 9.59 Å². The van der Waals surface area contributed by atoms with Crippen LogP contribution in [-0.4, -0.2) is 24.2 Å². The van der Waals surface area contributed by atoms with E-state index >= 15 is 0 Å². The van der Waals surface area contributed by atoms with Crippen molar-refractivity contribution in [3.8, 4) is 0 Å². The number of aryl methyl sites for hydroxylation is 3. The van der Waals surface area contributed by atoms with Crippen molar-refractivity contribution < 1.29 is 18.4 Å². The topological polar surface area (TPSA) is 81.7 Å². The molecular formula is C24H29NO5. The van der Waals surface area contributed by atoms with Gasteiger partial charge < -0.3 is 18.9 Å². The Morgan fingerprint density at radius 1 is 1.17 bits per heavy atom. The number of carbonyl (C=O) groups is 1. The first-order valence-electron chi connectivity index (χ1n) is 10.5. The van der Waals surface area contributed by atoms with Crippen LogP contribution in [0, 0.1) is 20.8 Å². The van der Waals surface area contributed by atoms with Crippen LogP contribution >= 0.6 is 0 Å². The summed E-state index contributed by atoms with van der Waals surface area (Å²) in [6.07, 6.45) is 3.92. The van der Waals surface area contributed by atoms with Crippen molar-refractivity contribution in [2.24, 2.45) is 0 Å². The second-order valence-electron chi connectivity index (χ2n) is 9.03. The number of hydrogen-bond acceptors (Lipinski definition) is 5. The van der Waals surface area contributed by atoms with Gasteiger partial charge in [-0.3, -0.25) is 4.79 Å². The summed E-state index contributed by atoms with van der Waals surface area (Å²) in [7, 11) is 0. The van der Waals surface area contributed by atoms with E-state index in [-0.39, 0.29) is 29.6 Å². The van der Waals surface area contributed by atoms with E-state index in [1.165, 1.54) is 0 Å². The monoisotopic (exact) mass is 411 g/mol. The molecule has 0 spiro atoms. The van der Waals surface area contributed by atoms with E-state index in [0.29, 0.717) is 24.2 Å². The van der Waals surface area contributed by atoms with Gasteiger partial charge >= 0.3 is 5.63 Å². The SMILES string of the molecule is Cc1coc2c(C)c3oc(=O)c(CCC(=O)N[C@H]4CCOC(C)(C)C4)c(C)c3cc12. The summed E-state index contributed by atoms with van der Waals surface area (Å²) in [5.74, 6) is -0.0473. The molecule has 1 atom stereocenters. The average Bonchev–Trinajstić information content (AvgIpc) is 3.03. The molecule has 160 valence electrons. The predicted octanol–water partition coefficient (Wildman–Crippen LogP) is 4.47. The minimum atomic E-state index is -0.384. The third-order valence-corrected chi connectivity index (χ3v) is 6.20. The number of nitrogens with one attached hydrogen (secondary N) is 1. The van der Waals surface area contributed by atoms with Crippen LogP contribution in [0.15, 0.2) is 26.0 Å². The van der Waals surface area contributed by atoms with Crippen molar-refractivity contribution in [1.29, 1.82) is 0 Å². The fourth-order valence-corrected chi connectivity index (χ4v) is 4.50. The Labute approximate surface area is 175 Å². The molecule has 1 aliphatic heterocycles. The van der Waals surface area contributed by atoms with Gasteiger partial charge in [0.1, 0.15) is 11.2 Å². The minimum absolute atomic E-state index is 0.0473. The van der Waals surface area contributed by atoms with Gasteiger partial charge in [-0.05, 0) is 71.1 Å². The fraction of sp³-hybridized carbons (Fsp3) is 0.500. The number of benzene rings is 1. The van der Waals surface area contributed by atoms with Crippen LogP contribution in [0.2, 0.25) is 0 Å². The van der Waals surface area contributed by atoms with E-state index < -0.39 is 0 Å². The van der Waals surface area contributed by atoms with Crippen molar-refractivity contribution in [3.05, 3.63) is 45.0 Å². The zero-order chi connectivity index (χ0) is 21.6. The molecule has 1 aromatic carbocycles. The first kappa shape index (κ1) is 20.7. The van der Waals surface area contributed by atoms with E-state index in [4.69, 9.17) is 13.6 Å². The number of carbonyl (C=O) groups excluding carboxylic acids is 1. The molecule has 4 rings (SSSR count). The molecule has 6 heteroatoms. The maximum absolute atomic E-state index is 12.7. The predicted molar refractivity (Wildman–Crippen MR) is 116 cm³/mol. The molecule has 6 nitrogen and oxygen atoms in total. The first-order valence-corrected chi connectivity index (χ1v) is 10.5. The summed E-state index contributed by atoms with van der Waals surface area (Å²) in [4.78, 5) is 25.2. The second-order valence-corrected chi connectivity index (χ2v) is 9.03. The Kier molecular flexibility index (Phi) is 5.22. The quantitative estimate of drug-likeness (QED) is 0.641. The van der Waals surface area contributed by atoms with Crippen LogP contribution in [0.1, 0.15) is 55.4 Å². The summed E-state index contributed by atoms with van der Waals surface area (Å²) in [5.41, 5.74) is 3.98. The first-order chi connectivity index (χ1) is 14.2. The lowest BCUT2D eigenvalue weighted by atomic mass is 9.93. The van der Waals surface area contributed by atoms with E-state index in [1.54, 1.807) is 6.26 Å². The van der Waals surface area contributed by atoms with Gasteiger partial charge in [0, 0.05) is 41.0 Å². The second kappa shape index (κ2) is 7.58. The van der Waals surface area contributed by atoms with Crippen LogP contribution in [-0.2, 0) is 16.0 Å². The summed E-state index contributed by atoms with van der Waals surface area (Å²) >= 11 is 0. The lowest BCUT2D eigenvalue weighted by Gasteiger charge is -2.35. The highest BCUT2D eigenvalue weighted by molar-refractivity contribution is 5.99. The Morgan fingerprint density at radius 3 is 2.67 bits per heavy atom. The number of ether oxygens (including phenoxy) is 1. The van der Waals surface area contributed by atoms with Gasteiger partial charge in [0.25, 0.3) is 0 Å². The Hall–Kier alpha value is -2.60. The molecule has 3 aromatic rings. The molecule has 0 bridgehead atoms. The zero-order valence-corrected chi connectivity index (χ0v) is 18.3. The van der Waals surface area contributed by atoms with Crippen molar-refractivity contribution >= 4 is 27.8 Å². The number of fused-ring (bicyclic) bond motifs is 2. The van der Waals surface area contributed by atoms with E-state index in [2.05, 4.69) is 5.32 Å². The fourth-order valence-electron chi connectivity index (χ4n) is 4.50. The summed E-state index contributed by atoms with van der Waals surface area (Å²) < 4.78 is 17.0. The number of rotatable bonds is 4. The number of amides is 1. The average molecular weight is 411 g/mol. The third kappa shape index (κ3) is 3.76. The van der Waals surface area contributed by atoms with E-state index in [0.717, 1.165) is 45.9 Å². The molecule has 1 aliphatic rings. The smallest absolute Gasteiger partial charge is 0.339 e. The lowest BCUT2D eigenvalue weighted by Crippen LogP contribution is -2.45. The van der Waals surface area contributed by atoms with Gasteiger partial charge in [-0.15, -0.1) is 0 Å². The Bertz CT molecular complexity index is 1180. The van der Waals surface area contributed by atoms with Crippen LogP contribution in [0.5, 0.6) is 0 Å². The van der Waals surface area contributed by atoms with Crippen LogP contribution in [0.4, 0.5) is 0 Å². The van der Waals surface area contributed by atoms with Crippen molar-refractivity contribution in [2.75, 3.05) is 6.61 Å². The molecular weight excluding hydrogens is 382 g/mol. The summed E-state index contributed by atoms with van der Waals surface area (Å²) in [6, 6.07) is 2.12. The molecule has 1 fully saturated rings. The van der Waals surface area contributed by atoms with Gasteiger partial charge in [0.05, 0.1) is 11.9 Å². The summed E-state index contributed by atoms with van der Waals surface area (Å²) in [6.45, 7) is 10.5. The van der Waals surface area contributed by atoms with Crippen LogP contribution in [0.25, 0.3) is 21.9 Å². The molecule has 30 heavy (non-hydrogen) atoms. The standard InChI is InChI=1S/C24H29NO5/c1-13-12-28-21-15(3)22-19(10-18(13)21)14(2)17(23(27)30-22)6-7-20(26)25-16-8-9-29-24(4,5)11-16/h10,12,16H,6-9,11H2,1-5H3,(H,25,26)/t16-/m0/s1. The Morgan fingerprint density at radius 2 is 1.93 bits per heavy atom. The van der Waals surface area contributed by atoms with Gasteiger partial charge in [-0.1, -0.05) is 0 Å². The normalized spacial score (nSPS) is 18.8. The van der Waals surface area contributed by atoms with Crippen LogP contribution < -0.4 is 10.9 Å². The van der Waals surface area contributed by atoms with Gasteiger partial charge in [-0.25, -0.2) is 4.79 Å². The van der Waals surface area contributed by atoms with E-state index in [1.807, 2.05) is 40.7 Å². The molecule has 0 saturated carbocycles. The van der Waals surface area contributed by atoms with Gasteiger partial charge in [0.2, 0.25) is 5.91 Å².